The van der Waals surface area contributed by atoms with E-state index in [4.69, 9.17) is 22.9 Å². The number of rotatable bonds is 2. The van der Waals surface area contributed by atoms with Gasteiger partial charge in [0.2, 0.25) is 0 Å². The number of anilines is 4. The maximum Gasteiger partial charge on any atom is 0.0805 e. The highest BCUT2D eigenvalue weighted by Crippen LogP contribution is 2.46. The first-order valence-electron chi connectivity index (χ1n) is 8.80. The van der Waals surface area contributed by atoms with Gasteiger partial charge in [0.1, 0.15) is 0 Å². The first kappa shape index (κ1) is 15.3. The first-order chi connectivity index (χ1) is 10.6. The van der Waals surface area contributed by atoms with Crippen molar-refractivity contribution in [1.82, 2.24) is 0 Å². The molecule has 2 saturated carbocycles. The quantitative estimate of drug-likeness (QED) is 0.622. The van der Waals surface area contributed by atoms with Crippen LogP contribution in [0, 0.1) is 11.8 Å². The summed E-state index contributed by atoms with van der Waals surface area (Å²) in [5.41, 5.74) is 27.3. The summed E-state index contributed by atoms with van der Waals surface area (Å²) in [5.74, 6) is 2.37. The fourth-order valence-electron chi connectivity index (χ4n) is 4.62. The predicted molar refractivity (Wildman–Crippen MR) is 95.4 cm³/mol. The van der Waals surface area contributed by atoms with Crippen LogP contribution in [0.1, 0.15) is 69.3 Å². The second-order valence-corrected chi connectivity index (χ2v) is 7.31. The lowest BCUT2D eigenvalue weighted by Crippen LogP contribution is -2.23. The molecule has 4 nitrogen and oxygen atoms in total. The summed E-state index contributed by atoms with van der Waals surface area (Å²) in [7, 11) is 0. The minimum atomic E-state index is 0.428. The molecule has 0 saturated heterocycles. The van der Waals surface area contributed by atoms with Crippen LogP contribution in [0.3, 0.4) is 0 Å². The van der Waals surface area contributed by atoms with Crippen molar-refractivity contribution < 1.29 is 0 Å². The summed E-state index contributed by atoms with van der Waals surface area (Å²) < 4.78 is 0. The summed E-state index contributed by atoms with van der Waals surface area (Å²) in [6.45, 7) is 0. The molecule has 0 radical (unpaired) electrons. The Morgan fingerprint density at radius 3 is 1.86 bits per heavy atom. The standard InChI is InChI=1S/C18H30N4/c19-15-10-14(16(20)18(22)17(15)21)13-8-6-12(7-9-13)11-4-2-1-3-5-11/h10-13H,1-9,19-22H2. The third-order valence-corrected chi connectivity index (χ3v) is 6.04. The molecule has 1 aromatic rings. The lowest BCUT2D eigenvalue weighted by molar-refractivity contribution is 0.186. The van der Waals surface area contributed by atoms with Gasteiger partial charge < -0.3 is 22.9 Å². The molecule has 0 heterocycles. The van der Waals surface area contributed by atoms with E-state index in [1.54, 1.807) is 0 Å². The number of hydrogen-bond acceptors (Lipinski definition) is 4. The molecule has 1 aromatic carbocycles. The Bertz CT molecular complexity index is 526. The molecule has 0 atom stereocenters. The molecule has 22 heavy (non-hydrogen) atoms. The summed E-state index contributed by atoms with van der Waals surface area (Å²) in [4.78, 5) is 0. The molecular weight excluding hydrogens is 272 g/mol. The first-order valence-corrected chi connectivity index (χ1v) is 8.80. The maximum atomic E-state index is 6.20. The number of benzene rings is 1. The van der Waals surface area contributed by atoms with Crippen molar-refractivity contribution in [3.05, 3.63) is 11.6 Å². The van der Waals surface area contributed by atoms with Gasteiger partial charge >= 0.3 is 0 Å². The smallest absolute Gasteiger partial charge is 0.0805 e. The van der Waals surface area contributed by atoms with E-state index in [0.717, 1.165) is 17.4 Å². The molecule has 2 aliphatic carbocycles. The van der Waals surface area contributed by atoms with Crippen LogP contribution in [-0.4, -0.2) is 0 Å². The Kier molecular flexibility index (Phi) is 4.37. The molecule has 0 spiro atoms. The van der Waals surface area contributed by atoms with Gasteiger partial charge in [0.15, 0.2) is 0 Å². The molecule has 3 rings (SSSR count). The zero-order chi connectivity index (χ0) is 15.7. The Hall–Kier alpha value is -1.58. The Morgan fingerprint density at radius 1 is 0.636 bits per heavy atom. The largest absolute Gasteiger partial charge is 0.397 e. The third kappa shape index (κ3) is 2.83. The van der Waals surface area contributed by atoms with E-state index in [9.17, 15) is 0 Å². The lowest BCUT2D eigenvalue weighted by atomic mass is 9.69. The van der Waals surface area contributed by atoms with Crippen molar-refractivity contribution >= 4 is 22.7 Å². The molecule has 0 aromatic heterocycles. The van der Waals surface area contributed by atoms with Crippen LogP contribution in [-0.2, 0) is 0 Å². The van der Waals surface area contributed by atoms with Gasteiger partial charge in [-0.05, 0) is 55.1 Å². The highest BCUT2D eigenvalue weighted by molar-refractivity contribution is 5.88. The second kappa shape index (κ2) is 6.27. The van der Waals surface area contributed by atoms with Crippen LogP contribution >= 0.6 is 0 Å². The van der Waals surface area contributed by atoms with Crippen molar-refractivity contribution in [2.24, 2.45) is 11.8 Å². The molecule has 0 bridgehead atoms. The van der Waals surface area contributed by atoms with Crippen LogP contribution in [0.15, 0.2) is 6.07 Å². The molecule has 4 heteroatoms. The molecule has 2 aliphatic rings. The van der Waals surface area contributed by atoms with Gasteiger partial charge in [-0.15, -0.1) is 0 Å². The highest BCUT2D eigenvalue weighted by atomic mass is 14.8. The Balaban J connectivity index is 1.69. The van der Waals surface area contributed by atoms with Crippen LogP contribution < -0.4 is 22.9 Å². The van der Waals surface area contributed by atoms with E-state index in [1.807, 2.05) is 6.07 Å². The summed E-state index contributed by atoms with van der Waals surface area (Å²) in [5, 5.41) is 0. The number of nitrogens with two attached hydrogens (primary N) is 4. The van der Waals surface area contributed by atoms with Gasteiger partial charge in [-0.25, -0.2) is 0 Å². The van der Waals surface area contributed by atoms with Crippen molar-refractivity contribution in [2.75, 3.05) is 22.9 Å². The van der Waals surface area contributed by atoms with E-state index < -0.39 is 0 Å². The molecule has 0 unspecified atom stereocenters. The monoisotopic (exact) mass is 302 g/mol. The van der Waals surface area contributed by atoms with Gasteiger partial charge in [-0.2, -0.15) is 0 Å². The molecule has 0 aliphatic heterocycles. The zero-order valence-electron chi connectivity index (χ0n) is 13.5. The fourth-order valence-corrected chi connectivity index (χ4v) is 4.62. The maximum absolute atomic E-state index is 6.20. The minimum Gasteiger partial charge on any atom is -0.397 e. The van der Waals surface area contributed by atoms with E-state index in [2.05, 4.69) is 0 Å². The van der Waals surface area contributed by atoms with Gasteiger partial charge in [-0.1, -0.05) is 32.1 Å². The van der Waals surface area contributed by atoms with Crippen molar-refractivity contribution in [3.63, 3.8) is 0 Å². The number of nitrogen functional groups attached to an aromatic ring is 4. The van der Waals surface area contributed by atoms with Crippen LogP contribution in [0.4, 0.5) is 22.7 Å². The van der Waals surface area contributed by atoms with E-state index in [-0.39, 0.29) is 0 Å². The Labute approximate surface area is 133 Å². The summed E-state index contributed by atoms with van der Waals surface area (Å²) in [6.07, 6.45) is 12.2. The van der Waals surface area contributed by atoms with Crippen molar-refractivity contribution in [3.8, 4) is 0 Å². The normalized spacial score (nSPS) is 26.9. The van der Waals surface area contributed by atoms with Gasteiger partial charge in [0, 0.05) is 0 Å². The molecule has 2 fully saturated rings. The third-order valence-electron chi connectivity index (χ3n) is 6.04. The average Bonchev–Trinajstić information content (AvgIpc) is 2.57. The van der Waals surface area contributed by atoms with Crippen molar-refractivity contribution in [2.45, 2.75) is 63.7 Å². The van der Waals surface area contributed by atoms with Crippen LogP contribution in [0.2, 0.25) is 0 Å². The van der Waals surface area contributed by atoms with Crippen LogP contribution in [0.25, 0.3) is 0 Å². The summed E-state index contributed by atoms with van der Waals surface area (Å²) >= 11 is 0. The van der Waals surface area contributed by atoms with Crippen molar-refractivity contribution in [1.29, 1.82) is 0 Å². The van der Waals surface area contributed by atoms with E-state index in [1.165, 1.54) is 57.8 Å². The van der Waals surface area contributed by atoms with E-state index in [0.29, 0.717) is 28.7 Å². The average molecular weight is 302 g/mol. The van der Waals surface area contributed by atoms with E-state index >= 15 is 0 Å². The fraction of sp³-hybridized carbons (Fsp3) is 0.667. The Morgan fingerprint density at radius 2 is 1.23 bits per heavy atom. The molecule has 0 amide bonds. The SMILES string of the molecule is Nc1cc(C2CCC(C3CCCCC3)CC2)c(N)c(N)c1N. The van der Waals surface area contributed by atoms with Gasteiger partial charge in [-0.3, -0.25) is 0 Å². The number of hydrogen-bond donors (Lipinski definition) is 4. The lowest BCUT2D eigenvalue weighted by Gasteiger charge is -2.36. The summed E-state index contributed by atoms with van der Waals surface area (Å²) in [6, 6.07) is 1.95. The van der Waals surface area contributed by atoms with Crippen LogP contribution in [0.5, 0.6) is 0 Å². The van der Waals surface area contributed by atoms with Gasteiger partial charge in [0.05, 0.1) is 22.7 Å². The molecule has 8 N–H and O–H groups in total. The minimum absolute atomic E-state index is 0.428. The highest BCUT2D eigenvalue weighted by Gasteiger charge is 2.30. The second-order valence-electron chi connectivity index (χ2n) is 7.31. The molecule has 122 valence electrons. The molecular formula is C18H30N4. The zero-order valence-corrected chi connectivity index (χ0v) is 13.5. The predicted octanol–water partition coefficient (Wildman–Crippen LogP) is 3.87. The topological polar surface area (TPSA) is 104 Å². The van der Waals surface area contributed by atoms with Gasteiger partial charge in [0.25, 0.3) is 0 Å².